The second-order valence-corrected chi connectivity index (χ2v) is 6.80. The van der Waals surface area contributed by atoms with E-state index < -0.39 is 10.8 Å². The summed E-state index contributed by atoms with van der Waals surface area (Å²) in [7, 11) is 0.575. The van der Waals surface area contributed by atoms with E-state index in [2.05, 4.69) is 10.6 Å². The molecule has 2 aromatic rings. The summed E-state index contributed by atoms with van der Waals surface area (Å²) >= 11 is 0. The number of urea groups is 1. The lowest BCUT2D eigenvalue weighted by Crippen LogP contribution is -2.30. The lowest BCUT2D eigenvalue weighted by atomic mass is 10.1. The van der Waals surface area contributed by atoms with E-state index in [0.717, 1.165) is 16.9 Å². The van der Waals surface area contributed by atoms with Crippen LogP contribution in [-0.4, -0.2) is 30.2 Å². The van der Waals surface area contributed by atoms with Crippen molar-refractivity contribution in [2.45, 2.75) is 18.2 Å². The first-order valence-electron chi connectivity index (χ1n) is 7.61. The van der Waals surface area contributed by atoms with Gasteiger partial charge in [0.15, 0.2) is 0 Å². The van der Waals surface area contributed by atoms with Crippen molar-refractivity contribution in [1.82, 2.24) is 5.32 Å². The van der Waals surface area contributed by atoms with Crippen LogP contribution in [0.1, 0.15) is 11.1 Å². The van der Waals surface area contributed by atoms with E-state index in [4.69, 9.17) is 4.74 Å². The number of carbonyl (C=O) groups excluding carboxylic acids is 1. The number of amides is 2. The summed E-state index contributed by atoms with van der Waals surface area (Å²) in [4.78, 5) is 12.6. The van der Waals surface area contributed by atoms with Gasteiger partial charge in [0.25, 0.3) is 0 Å². The zero-order valence-corrected chi connectivity index (χ0v) is 14.9. The highest BCUT2D eigenvalue weighted by Gasteiger charge is 2.05. The summed E-state index contributed by atoms with van der Waals surface area (Å²) in [5.74, 6) is 0.848. The monoisotopic (exact) mass is 346 g/mol. The van der Waals surface area contributed by atoms with Crippen molar-refractivity contribution in [3.8, 4) is 5.75 Å². The van der Waals surface area contributed by atoms with Crippen LogP contribution in [0.2, 0.25) is 0 Å². The van der Waals surface area contributed by atoms with Crippen molar-refractivity contribution in [1.29, 1.82) is 0 Å². The highest BCUT2D eigenvalue weighted by Crippen LogP contribution is 2.19. The minimum absolute atomic E-state index is 0.284. The van der Waals surface area contributed by atoms with Gasteiger partial charge in [0.05, 0.1) is 7.11 Å². The van der Waals surface area contributed by atoms with Crippen LogP contribution in [0.5, 0.6) is 5.75 Å². The lowest BCUT2D eigenvalue weighted by Gasteiger charge is -2.10. The molecule has 6 heteroatoms. The number of hydrogen-bond donors (Lipinski definition) is 2. The van der Waals surface area contributed by atoms with Gasteiger partial charge in [0.1, 0.15) is 5.75 Å². The topological polar surface area (TPSA) is 67.4 Å². The van der Waals surface area contributed by atoms with Gasteiger partial charge in [-0.05, 0) is 48.7 Å². The van der Waals surface area contributed by atoms with E-state index in [1.54, 1.807) is 37.6 Å². The quantitative estimate of drug-likeness (QED) is 0.844. The fourth-order valence-electron chi connectivity index (χ4n) is 2.27. The van der Waals surface area contributed by atoms with Crippen LogP contribution in [0.15, 0.2) is 47.4 Å². The first kappa shape index (κ1) is 18.0. The van der Waals surface area contributed by atoms with E-state index in [1.165, 1.54) is 0 Å². The standard InChI is InChI=1S/C18H22N2O3S/c1-13-7-8-14(11-17(13)23-2)9-10-19-18(21)20-15-5-4-6-16(12-15)24(3)22/h4-8,11-12H,9-10H2,1-3H3,(H2,19,20,21). The molecule has 0 heterocycles. The summed E-state index contributed by atoms with van der Waals surface area (Å²) < 4.78 is 16.8. The Balaban J connectivity index is 1.85. The number of nitrogens with one attached hydrogen (secondary N) is 2. The van der Waals surface area contributed by atoms with Crippen LogP contribution in [-0.2, 0) is 17.2 Å². The van der Waals surface area contributed by atoms with Crippen LogP contribution in [0.3, 0.4) is 0 Å². The van der Waals surface area contributed by atoms with Gasteiger partial charge in [-0.25, -0.2) is 4.79 Å². The van der Waals surface area contributed by atoms with Crippen molar-refractivity contribution >= 4 is 22.5 Å². The summed E-state index contributed by atoms with van der Waals surface area (Å²) in [5.41, 5.74) is 2.80. The molecule has 1 unspecified atom stereocenters. The van der Waals surface area contributed by atoms with Gasteiger partial charge >= 0.3 is 6.03 Å². The summed E-state index contributed by atoms with van der Waals surface area (Å²) in [6.07, 6.45) is 2.32. The van der Waals surface area contributed by atoms with Gasteiger partial charge in [-0.15, -0.1) is 0 Å². The molecule has 128 valence electrons. The second-order valence-electron chi connectivity index (χ2n) is 5.42. The molecule has 0 aromatic heterocycles. The van der Waals surface area contributed by atoms with Crippen LogP contribution in [0.25, 0.3) is 0 Å². The van der Waals surface area contributed by atoms with Crippen molar-refractivity contribution in [3.05, 3.63) is 53.6 Å². The predicted molar refractivity (Wildman–Crippen MR) is 97.2 cm³/mol. The molecule has 1 atom stereocenters. The number of aryl methyl sites for hydroxylation is 1. The highest BCUT2D eigenvalue weighted by atomic mass is 32.2. The Kier molecular flexibility index (Phi) is 6.37. The molecule has 0 aliphatic carbocycles. The minimum Gasteiger partial charge on any atom is -0.496 e. The molecule has 0 bridgehead atoms. The molecular formula is C18H22N2O3S. The number of anilines is 1. The molecule has 2 rings (SSSR count). The van der Waals surface area contributed by atoms with E-state index >= 15 is 0 Å². The van der Waals surface area contributed by atoms with E-state index in [0.29, 0.717) is 23.5 Å². The molecular weight excluding hydrogens is 324 g/mol. The zero-order valence-electron chi connectivity index (χ0n) is 14.1. The minimum atomic E-state index is -1.07. The second kappa shape index (κ2) is 8.49. The summed E-state index contributed by atoms with van der Waals surface area (Å²) in [5, 5.41) is 5.56. The smallest absolute Gasteiger partial charge is 0.319 e. The van der Waals surface area contributed by atoms with Gasteiger partial charge in [0, 0.05) is 34.2 Å². The van der Waals surface area contributed by atoms with Crippen molar-refractivity contribution < 1.29 is 13.7 Å². The maximum absolute atomic E-state index is 11.9. The SMILES string of the molecule is COc1cc(CCNC(=O)Nc2cccc(S(C)=O)c2)ccc1C. The third kappa shape index (κ3) is 5.09. The van der Waals surface area contributed by atoms with Crippen LogP contribution in [0, 0.1) is 6.92 Å². The van der Waals surface area contributed by atoms with Gasteiger partial charge in [-0.2, -0.15) is 0 Å². The molecule has 0 radical (unpaired) electrons. The third-order valence-corrected chi connectivity index (χ3v) is 4.51. The molecule has 0 fully saturated rings. The molecule has 2 amide bonds. The van der Waals surface area contributed by atoms with Crippen LogP contribution >= 0.6 is 0 Å². The number of rotatable bonds is 6. The number of hydrogen-bond acceptors (Lipinski definition) is 3. The largest absolute Gasteiger partial charge is 0.496 e. The highest BCUT2D eigenvalue weighted by molar-refractivity contribution is 7.84. The Morgan fingerprint density at radius 1 is 1.21 bits per heavy atom. The first-order chi connectivity index (χ1) is 11.5. The zero-order chi connectivity index (χ0) is 17.5. The lowest BCUT2D eigenvalue weighted by molar-refractivity contribution is 0.252. The van der Waals surface area contributed by atoms with Crippen LogP contribution in [0.4, 0.5) is 10.5 Å². The third-order valence-electron chi connectivity index (χ3n) is 3.60. The summed E-state index contributed by atoms with van der Waals surface area (Å²) in [6, 6.07) is 12.7. The normalized spacial score (nSPS) is 11.6. The maximum atomic E-state index is 11.9. The molecule has 0 spiro atoms. The van der Waals surface area contributed by atoms with E-state index in [-0.39, 0.29) is 6.03 Å². The van der Waals surface area contributed by atoms with E-state index in [1.807, 2.05) is 25.1 Å². The fraction of sp³-hybridized carbons (Fsp3) is 0.278. The molecule has 2 N–H and O–H groups in total. The number of carbonyl (C=O) groups is 1. The molecule has 0 aliphatic rings. The van der Waals surface area contributed by atoms with Gasteiger partial charge in [-0.3, -0.25) is 4.21 Å². The fourth-order valence-corrected chi connectivity index (χ4v) is 2.83. The Hall–Kier alpha value is -2.34. The Labute approximate surface area is 144 Å². The van der Waals surface area contributed by atoms with Crippen molar-refractivity contribution in [2.24, 2.45) is 0 Å². The Bertz CT molecular complexity index is 747. The maximum Gasteiger partial charge on any atom is 0.319 e. The molecule has 24 heavy (non-hydrogen) atoms. The van der Waals surface area contributed by atoms with Gasteiger partial charge in [-0.1, -0.05) is 18.2 Å². The van der Waals surface area contributed by atoms with Gasteiger partial charge in [0.2, 0.25) is 0 Å². The van der Waals surface area contributed by atoms with Gasteiger partial charge < -0.3 is 15.4 Å². The molecule has 0 saturated carbocycles. The average molecular weight is 346 g/mol. The molecule has 2 aromatic carbocycles. The molecule has 5 nitrogen and oxygen atoms in total. The average Bonchev–Trinajstić information content (AvgIpc) is 2.56. The first-order valence-corrected chi connectivity index (χ1v) is 9.17. The van der Waals surface area contributed by atoms with E-state index in [9.17, 15) is 9.00 Å². The summed E-state index contributed by atoms with van der Waals surface area (Å²) in [6.45, 7) is 2.50. The Morgan fingerprint density at radius 3 is 2.71 bits per heavy atom. The van der Waals surface area contributed by atoms with Crippen molar-refractivity contribution in [2.75, 3.05) is 25.2 Å². The number of methoxy groups -OCH3 is 1. The molecule has 0 saturated heterocycles. The molecule has 0 aliphatic heterocycles. The number of benzene rings is 2. The Morgan fingerprint density at radius 2 is 2.00 bits per heavy atom. The predicted octanol–water partition coefficient (Wildman–Crippen LogP) is 3.11. The number of ether oxygens (including phenoxy) is 1. The van der Waals surface area contributed by atoms with Crippen molar-refractivity contribution in [3.63, 3.8) is 0 Å². The van der Waals surface area contributed by atoms with Crippen LogP contribution < -0.4 is 15.4 Å².